The first-order valence-electron chi connectivity index (χ1n) is 6.17. The molecule has 19 heavy (non-hydrogen) atoms. The third-order valence-corrected chi connectivity index (χ3v) is 4.72. The van der Waals surface area contributed by atoms with Crippen molar-refractivity contribution in [2.45, 2.75) is 32.3 Å². The minimum Gasteiger partial charge on any atom is -0.393 e. The van der Waals surface area contributed by atoms with E-state index in [9.17, 15) is 22.3 Å². The quantitative estimate of drug-likeness (QED) is 0.837. The Morgan fingerprint density at radius 3 is 2.37 bits per heavy atom. The van der Waals surface area contributed by atoms with Crippen molar-refractivity contribution in [1.29, 1.82) is 0 Å². The average Bonchev–Trinajstić information content (AvgIpc) is 2.34. The van der Waals surface area contributed by atoms with Gasteiger partial charge in [0.25, 0.3) is 0 Å². The van der Waals surface area contributed by atoms with Gasteiger partial charge < -0.3 is 5.11 Å². The Kier molecular flexibility index (Phi) is 5.87. The number of halogens is 2. The molecule has 0 spiro atoms. The molecule has 6 heteroatoms. The summed E-state index contributed by atoms with van der Waals surface area (Å²) in [6, 6.07) is 3.52. The summed E-state index contributed by atoms with van der Waals surface area (Å²) in [4.78, 5) is 0. The van der Waals surface area contributed by atoms with Crippen LogP contribution in [0, 0.1) is 11.6 Å². The van der Waals surface area contributed by atoms with Gasteiger partial charge in [-0.15, -0.1) is 0 Å². The monoisotopic (exact) mass is 292 g/mol. The number of aliphatic hydroxyl groups excluding tert-OH is 1. The predicted octanol–water partition coefficient (Wildman–Crippen LogP) is 2.08. The van der Waals surface area contributed by atoms with Gasteiger partial charge in [-0.1, -0.05) is 13.0 Å². The van der Waals surface area contributed by atoms with Crippen LogP contribution in [-0.2, 0) is 16.3 Å². The van der Waals surface area contributed by atoms with Crippen LogP contribution in [0.15, 0.2) is 18.2 Å². The summed E-state index contributed by atoms with van der Waals surface area (Å²) in [6.45, 7) is 1.56. The van der Waals surface area contributed by atoms with E-state index in [0.717, 1.165) is 12.1 Å². The van der Waals surface area contributed by atoms with E-state index in [1.807, 2.05) is 0 Å². The Morgan fingerprint density at radius 1 is 1.26 bits per heavy atom. The zero-order valence-electron chi connectivity index (χ0n) is 10.8. The minimum absolute atomic E-state index is 0.0136. The van der Waals surface area contributed by atoms with Gasteiger partial charge in [0.2, 0.25) is 0 Å². The normalized spacial score (nSPS) is 13.5. The lowest BCUT2D eigenvalue weighted by Gasteiger charge is -2.11. The maximum atomic E-state index is 13.3. The summed E-state index contributed by atoms with van der Waals surface area (Å²) in [5.41, 5.74) is -0.159. The summed E-state index contributed by atoms with van der Waals surface area (Å²) in [7, 11) is -3.06. The van der Waals surface area contributed by atoms with E-state index >= 15 is 0 Å². The highest BCUT2D eigenvalue weighted by atomic mass is 32.2. The van der Waals surface area contributed by atoms with Gasteiger partial charge >= 0.3 is 0 Å². The van der Waals surface area contributed by atoms with Crippen molar-refractivity contribution >= 4 is 9.84 Å². The molecule has 3 nitrogen and oxygen atoms in total. The van der Waals surface area contributed by atoms with Crippen molar-refractivity contribution in [3.63, 3.8) is 0 Å². The Bertz CT molecular complexity index is 494. The smallest absolute Gasteiger partial charge is 0.150 e. The van der Waals surface area contributed by atoms with Gasteiger partial charge in [-0.3, -0.25) is 0 Å². The van der Waals surface area contributed by atoms with Gasteiger partial charge in [0.05, 0.1) is 11.9 Å². The number of hydrogen-bond donors (Lipinski definition) is 1. The second-order valence-electron chi connectivity index (χ2n) is 4.44. The molecule has 0 amide bonds. The number of aliphatic hydroxyl groups is 1. The van der Waals surface area contributed by atoms with E-state index in [4.69, 9.17) is 0 Å². The number of benzene rings is 1. The Hall–Kier alpha value is -1.01. The van der Waals surface area contributed by atoms with Crippen LogP contribution in [0.4, 0.5) is 8.78 Å². The van der Waals surface area contributed by atoms with Crippen LogP contribution < -0.4 is 0 Å². The lowest BCUT2D eigenvalue weighted by Crippen LogP contribution is -2.16. The van der Waals surface area contributed by atoms with Gasteiger partial charge in [-0.2, -0.15) is 0 Å². The van der Waals surface area contributed by atoms with Crippen LogP contribution in [-0.4, -0.2) is 31.1 Å². The van der Waals surface area contributed by atoms with E-state index < -0.39 is 27.6 Å². The predicted molar refractivity (Wildman–Crippen MR) is 69.6 cm³/mol. The zero-order chi connectivity index (χ0) is 14.5. The highest BCUT2D eigenvalue weighted by Gasteiger charge is 2.15. The fourth-order valence-electron chi connectivity index (χ4n) is 1.75. The molecular formula is C13H18F2O3S. The molecule has 0 aromatic heterocycles. The number of rotatable bonds is 7. The Balaban J connectivity index is 2.50. The second-order valence-corrected chi connectivity index (χ2v) is 6.91. The van der Waals surface area contributed by atoms with E-state index in [2.05, 4.69) is 0 Å². The van der Waals surface area contributed by atoms with Crippen molar-refractivity contribution in [3.8, 4) is 0 Å². The van der Waals surface area contributed by atoms with Crippen LogP contribution in [0.25, 0.3) is 0 Å². The Morgan fingerprint density at radius 2 is 1.84 bits per heavy atom. The minimum atomic E-state index is -3.06. The molecule has 1 atom stereocenters. The van der Waals surface area contributed by atoms with E-state index in [1.54, 1.807) is 6.92 Å². The molecule has 1 rings (SSSR count). The molecule has 1 unspecified atom stereocenters. The molecule has 1 aromatic carbocycles. The summed E-state index contributed by atoms with van der Waals surface area (Å²) < 4.78 is 49.2. The lowest BCUT2D eigenvalue weighted by atomic mass is 10.0. The molecule has 0 fully saturated rings. The molecule has 0 aliphatic rings. The standard InChI is InChI=1S/C13H18F2O3S/c1-2-19(17,18)8-4-5-10(16)9-11-12(14)6-3-7-13(11)15/h3,6-7,10,16H,2,4-5,8-9H2,1H3. The van der Waals surface area contributed by atoms with Crippen LogP contribution >= 0.6 is 0 Å². The van der Waals surface area contributed by atoms with Crippen LogP contribution in [0.2, 0.25) is 0 Å². The molecule has 0 heterocycles. The molecule has 0 radical (unpaired) electrons. The first-order chi connectivity index (χ1) is 8.85. The fourth-order valence-corrected chi connectivity index (χ4v) is 2.64. The van der Waals surface area contributed by atoms with Crippen LogP contribution in [0.1, 0.15) is 25.3 Å². The maximum absolute atomic E-state index is 13.3. The van der Waals surface area contributed by atoms with E-state index in [0.29, 0.717) is 0 Å². The van der Waals surface area contributed by atoms with Gasteiger partial charge in [-0.05, 0) is 25.0 Å². The number of sulfone groups is 1. The molecule has 0 saturated heterocycles. The fraction of sp³-hybridized carbons (Fsp3) is 0.538. The largest absolute Gasteiger partial charge is 0.393 e. The summed E-state index contributed by atoms with van der Waals surface area (Å²) in [5, 5.41) is 9.69. The van der Waals surface area contributed by atoms with Gasteiger partial charge in [0.15, 0.2) is 0 Å². The first kappa shape index (κ1) is 16.0. The molecule has 1 N–H and O–H groups in total. The zero-order valence-corrected chi connectivity index (χ0v) is 11.6. The van der Waals surface area contributed by atoms with Crippen LogP contribution in [0.3, 0.4) is 0 Å². The van der Waals surface area contributed by atoms with Crippen molar-refractivity contribution in [2.24, 2.45) is 0 Å². The first-order valence-corrected chi connectivity index (χ1v) is 7.99. The average molecular weight is 292 g/mol. The molecular weight excluding hydrogens is 274 g/mol. The van der Waals surface area contributed by atoms with Crippen molar-refractivity contribution in [3.05, 3.63) is 35.4 Å². The summed E-state index contributed by atoms with van der Waals surface area (Å²) in [6.07, 6.45) is -0.607. The topological polar surface area (TPSA) is 54.4 Å². The summed E-state index contributed by atoms with van der Waals surface area (Å²) in [5.74, 6) is -1.34. The third-order valence-electron chi connectivity index (χ3n) is 2.93. The van der Waals surface area contributed by atoms with Crippen LogP contribution in [0.5, 0.6) is 0 Å². The molecule has 108 valence electrons. The van der Waals surface area contributed by atoms with E-state index in [-0.39, 0.29) is 36.3 Å². The maximum Gasteiger partial charge on any atom is 0.150 e. The van der Waals surface area contributed by atoms with Gasteiger partial charge in [0.1, 0.15) is 21.5 Å². The Labute approximate surface area is 112 Å². The van der Waals surface area contributed by atoms with Crippen molar-refractivity contribution in [2.75, 3.05) is 11.5 Å². The third kappa shape index (κ3) is 5.24. The van der Waals surface area contributed by atoms with Crippen molar-refractivity contribution < 1.29 is 22.3 Å². The number of hydrogen-bond acceptors (Lipinski definition) is 3. The second kappa shape index (κ2) is 6.96. The van der Waals surface area contributed by atoms with Gasteiger partial charge in [0, 0.05) is 17.7 Å². The SMILES string of the molecule is CCS(=O)(=O)CCCC(O)Cc1c(F)cccc1F. The lowest BCUT2D eigenvalue weighted by molar-refractivity contribution is 0.161. The van der Waals surface area contributed by atoms with Gasteiger partial charge in [-0.25, -0.2) is 17.2 Å². The van der Waals surface area contributed by atoms with E-state index in [1.165, 1.54) is 6.07 Å². The highest BCUT2D eigenvalue weighted by molar-refractivity contribution is 7.91. The molecule has 1 aromatic rings. The summed E-state index contributed by atoms with van der Waals surface area (Å²) >= 11 is 0. The molecule has 0 saturated carbocycles. The molecule has 0 bridgehead atoms. The van der Waals surface area contributed by atoms with Crippen molar-refractivity contribution in [1.82, 2.24) is 0 Å². The molecule has 0 aliphatic carbocycles. The highest BCUT2D eigenvalue weighted by Crippen LogP contribution is 2.16. The molecule has 0 aliphatic heterocycles.